The number of benzene rings is 2. The topological polar surface area (TPSA) is 85.1 Å². The number of nitrogens with zero attached hydrogens (tertiary/aromatic N) is 4. The van der Waals surface area contributed by atoms with E-state index in [0.29, 0.717) is 0 Å². The molecule has 2 aromatic heterocycles. The predicted octanol–water partition coefficient (Wildman–Crippen LogP) is 3.98. The summed E-state index contributed by atoms with van der Waals surface area (Å²) in [5, 5.41) is 15.4. The Morgan fingerprint density at radius 3 is 2.58 bits per heavy atom. The molecule has 3 N–H and O–H groups in total. The minimum atomic E-state index is -0.237. The fourth-order valence-corrected chi connectivity index (χ4v) is 4.55. The lowest BCUT2D eigenvalue weighted by Gasteiger charge is -2.35. The summed E-state index contributed by atoms with van der Waals surface area (Å²) >= 11 is 0. The van der Waals surface area contributed by atoms with Gasteiger partial charge in [-0.2, -0.15) is 0 Å². The van der Waals surface area contributed by atoms with Gasteiger partial charge in [0.1, 0.15) is 12.1 Å². The molecule has 0 spiro atoms. The van der Waals surface area contributed by atoms with E-state index >= 15 is 0 Å². The van der Waals surface area contributed by atoms with Crippen molar-refractivity contribution >= 4 is 34.3 Å². The first kappa shape index (κ1) is 23.6. The highest BCUT2D eigenvalue weighted by Gasteiger charge is 2.16. The van der Waals surface area contributed by atoms with Crippen molar-refractivity contribution in [3.63, 3.8) is 0 Å². The predicted molar refractivity (Wildman–Crippen MR) is 145 cm³/mol. The number of carbonyl (C=O) groups excluding carboxylic acids is 1. The molecule has 1 amide bonds. The molecule has 0 aliphatic carbocycles. The Morgan fingerprint density at radius 2 is 1.83 bits per heavy atom. The van der Waals surface area contributed by atoms with Crippen LogP contribution in [0.5, 0.6) is 0 Å². The molecular formula is C28H30N6O2. The minimum Gasteiger partial charge on any atom is -0.395 e. The Bertz CT molecular complexity index is 1360. The van der Waals surface area contributed by atoms with Crippen LogP contribution in [-0.4, -0.2) is 64.6 Å². The largest absolute Gasteiger partial charge is 0.395 e. The van der Waals surface area contributed by atoms with Gasteiger partial charge in [0.2, 0.25) is 5.91 Å². The molecule has 1 fully saturated rings. The van der Waals surface area contributed by atoms with E-state index in [2.05, 4.69) is 56.3 Å². The van der Waals surface area contributed by atoms with Gasteiger partial charge in [0.25, 0.3) is 0 Å². The number of nitrogens with one attached hydrogen (secondary N) is 2. The lowest BCUT2D eigenvalue weighted by Crippen LogP contribution is -2.47. The van der Waals surface area contributed by atoms with Crippen molar-refractivity contribution in [3.05, 3.63) is 85.8 Å². The third-order valence-electron chi connectivity index (χ3n) is 6.47. The van der Waals surface area contributed by atoms with Crippen LogP contribution in [0.15, 0.2) is 85.8 Å². The average Bonchev–Trinajstić information content (AvgIpc) is 3.33. The van der Waals surface area contributed by atoms with Crippen LogP contribution >= 0.6 is 0 Å². The molecule has 1 aliphatic rings. The fourth-order valence-electron chi connectivity index (χ4n) is 4.55. The number of piperazine rings is 1. The number of hydrogen-bond acceptors (Lipinski definition) is 6. The van der Waals surface area contributed by atoms with Crippen molar-refractivity contribution in [2.45, 2.75) is 0 Å². The zero-order chi connectivity index (χ0) is 24.9. The molecule has 1 aliphatic heterocycles. The number of rotatable bonds is 8. The van der Waals surface area contributed by atoms with Crippen molar-refractivity contribution in [1.82, 2.24) is 14.3 Å². The van der Waals surface area contributed by atoms with E-state index in [0.717, 1.165) is 66.6 Å². The maximum Gasteiger partial charge on any atom is 0.247 e. The highest BCUT2D eigenvalue weighted by molar-refractivity contribution is 5.99. The zero-order valence-corrected chi connectivity index (χ0v) is 20.1. The van der Waals surface area contributed by atoms with Gasteiger partial charge in [-0.1, -0.05) is 18.7 Å². The molecule has 0 atom stereocenters. The average molecular weight is 483 g/mol. The molecule has 3 heterocycles. The molecule has 0 radical (unpaired) electrons. The Hall–Kier alpha value is -4.14. The summed E-state index contributed by atoms with van der Waals surface area (Å²) < 4.78 is 1.98. The fraction of sp³-hybridized carbons (Fsp3) is 0.214. The van der Waals surface area contributed by atoms with Gasteiger partial charge in [0.05, 0.1) is 12.1 Å². The van der Waals surface area contributed by atoms with E-state index in [4.69, 9.17) is 5.11 Å². The van der Waals surface area contributed by atoms with Gasteiger partial charge in [0.15, 0.2) is 0 Å². The third-order valence-corrected chi connectivity index (χ3v) is 6.47. The van der Waals surface area contributed by atoms with E-state index in [1.165, 1.54) is 11.8 Å². The number of aromatic nitrogens is 2. The van der Waals surface area contributed by atoms with E-state index in [-0.39, 0.29) is 12.5 Å². The van der Waals surface area contributed by atoms with E-state index in [1.54, 1.807) is 6.33 Å². The molecule has 0 bridgehead atoms. The lowest BCUT2D eigenvalue weighted by atomic mass is 10.1. The normalized spacial score (nSPS) is 14.1. The number of hydrogen-bond donors (Lipinski definition) is 3. The molecule has 8 heteroatoms. The zero-order valence-electron chi connectivity index (χ0n) is 20.1. The Kier molecular flexibility index (Phi) is 6.97. The number of carbonyl (C=O) groups is 1. The highest BCUT2D eigenvalue weighted by atomic mass is 16.3. The molecule has 8 nitrogen and oxygen atoms in total. The van der Waals surface area contributed by atoms with Crippen LogP contribution in [-0.2, 0) is 4.79 Å². The van der Waals surface area contributed by atoms with Gasteiger partial charge in [-0.25, -0.2) is 4.98 Å². The number of amides is 1. The van der Waals surface area contributed by atoms with Crippen LogP contribution < -0.4 is 15.5 Å². The monoisotopic (exact) mass is 482 g/mol. The first-order chi connectivity index (χ1) is 17.6. The van der Waals surface area contributed by atoms with Crippen molar-refractivity contribution < 1.29 is 9.90 Å². The summed E-state index contributed by atoms with van der Waals surface area (Å²) in [5.74, 6) is 0.517. The summed E-state index contributed by atoms with van der Waals surface area (Å²) in [6.45, 7) is 8.32. The van der Waals surface area contributed by atoms with Crippen molar-refractivity contribution in [3.8, 4) is 11.1 Å². The summed E-state index contributed by atoms with van der Waals surface area (Å²) in [4.78, 5) is 20.9. The SMILES string of the molecule is C=CC(=O)Nc1cccc(-c2ccn3cnc(Nc4ccc(N5CCN(CCO)CC5)cc4)cc23)c1. The number of aliphatic hydroxyl groups excluding tert-OH is 1. The summed E-state index contributed by atoms with van der Waals surface area (Å²) in [6.07, 6.45) is 5.03. The standard InChI is InChI=1S/C28H30N6O2/c1-2-28(36)31-23-5-3-4-21(18-23)25-10-11-34-20-29-27(19-26(25)34)30-22-6-8-24(9-7-22)33-14-12-32(13-15-33)16-17-35/h2-11,18-20,30,35H,1,12-17H2,(H,31,36). The van der Waals surface area contributed by atoms with Gasteiger partial charge < -0.3 is 25.0 Å². The summed E-state index contributed by atoms with van der Waals surface area (Å²) in [6, 6.07) is 20.2. The molecule has 184 valence electrons. The van der Waals surface area contributed by atoms with Crippen molar-refractivity contribution in [2.75, 3.05) is 54.9 Å². The molecule has 5 rings (SSSR count). The lowest BCUT2D eigenvalue weighted by molar-refractivity contribution is -0.111. The first-order valence-corrected chi connectivity index (χ1v) is 12.1. The second-order valence-electron chi connectivity index (χ2n) is 8.79. The maximum atomic E-state index is 11.7. The van der Waals surface area contributed by atoms with E-state index in [1.807, 2.05) is 47.0 Å². The quantitative estimate of drug-likeness (QED) is 0.330. The first-order valence-electron chi connectivity index (χ1n) is 12.1. The Morgan fingerprint density at radius 1 is 1.03 bits per heavy atom. The van der Waals surface area contributed by atoms with Crippen LogP contribution in [0.25, 0.3) is 16.6 Å². The van der Waals surface area contributed by atoms with Gasteiger partial charge in [0, 0.05) is 67.6 Å². The molecular weight excluding hydrogens is 452 g/mol. The van der Waals surface area contributed by atoms with Gasteiger partial charge in [-0.05, 0) is 54.1 Å². The van der Waals surface area contributed by atoms with Gasteiger partial charge in [-0.3, -0.25) is 9.69 Å². The van der Waals surface area contributed by atoms with Crippen molar-refractivity contribution in [1.29, 1.82) is 0 Å². The number of anilines is 4. The number of β-amino-alcohol motifs (C(OH)–C–C–N with tert-alkyl or cyclic N) is 1. The number of fused-ring (bicyclic) bond motifs is 1. The minimum absolute atomic E-state index is 0.214. The molecule has 36 heavy (non-hydrogen) atoms. The van der Waals surface area contributed by atoms with E-state index in [9.17, 15) is 4.79 Å². The smallest absolute Gasteiger partial charge is 0.247 e. The molecule has 2 aromatic carbocycles. The molecule has 1 saturated heterocycles. The summed E-state index contributed by atoms with van der Waals surface area (Å²) in [7, 11) is 0. The van der Waals surface area contributed by atoms with Crippen molar-refractivity contribution in [2.24, 2.45) is 0 Å². The molecule has 4 aromatic rings. The van der Waals surface area contributed by atoms with Crippen LogP contribution in [0.4, 0.5) is 22.9 Å². The second kappa shape index (κ2) is 10.6. The number of aliphatic hydroxyl groups is 1. The van der Waals surface area contributed by atoms with Crippen LogP contribution in [0.3, 0.4) is 0 Å². The maximum absolute atomic E-state index is 11.7. The Labute approximate surface area is 210 Å². The van der Waals surface area contributed by atoms with E-state index < -0.39 is 0 Å². The summed E-state index contributed by atoms with van der Waals surface area (Å²) in [5.41, 5.74) is 5.95. The van der Waals surface area contributed by atoms with Gasteiger partial charge >= 0.3 is 0 Å². The van der Waals surface area contributed by atoms with Crippen LogP contribution in [0.2, 0.25) is 0 Å². The highest BCUT2D eigenvalue weighted by Crippen LogP contribution is 2.30. The molecule has 0 unspecified atom stereocenters. The third kappa shape index (κ3) is 5.25. The van der Waals surface area contributed by atoms with Gasteiger partial charge in [-0.15, -0.1) is 0 Å². The van der Waals surface area contributed by atoms with Crippen LogP contribution in [0.1, 0.15) is 0 Å². The van der Waals surface area contributed by atoms with Crippen LogP contribution in [0, 0.1) is 0 Å². The Balaban J connectivity index is 1.31. The molecule has 0 saturated carbocycles. The second-order valence-corrected chi connectivity index (χ2v) is 8.79.